The van der Waals surface area contributed by atoms with E-state index in [1.807, 2.05) is 42.5 Å². The van der Waals surface area contributed by atoms with E-state index in [0.717, 1.165) is 39.6 Å². The summed E-state index contributed by atoms with van der Waals surface area (Å²) in [6.45, 7) is 0.513. The molecule has 4 atom stereocenters. The van der Waals surface area contributed by atoms with Gasteiger partial charge in [0.25, 0.3) is 0 Å². The van der Waals surface area contributed by atoms with Crippen LogP contribution < -0.4 is 11.1 Å². The SMILES string of the molecule is NCc1ccc(-c2cc(CC(=O)C3[C@H](C(=O)NCc4cccc(Cl)c4F)C[C@H]4C[C@@H]34)cc3ccoc23)cc1. The highest BCUT2D eigenvalue weighted by atomic mass is 35.5. The van der Waals surface area contributed by atoms with E-state index in [1.54, 1.807) is 18.4 Å². The molecule has 3 N–H and O–H groups in total. The quantitative estimate of drug-likeness (QED) is 0.290. The summed E-state index contributed by atoms with van der Waals surface area (Å²) in [6.07, 6.45) is 3.59. The van der Waals surface area contributed by atoms with Gasteiger partial charge in [-0.05, 0) is 65.6 Å². The zero-order valence-corrected chi connectivity index (χ0v) is 21.5. The summed E-state index contributed by atoms with van der Waals surface area (Å²) >= 11 is 5.87. The second-order valence-corrected chi connectivity index (χ2v) is 10.9. The second kappa shape index (κ2) is 10.0. The lowest BCUT2D eigenvalue weighted by Crippen LogP contribution is -2.37. The number of ketones is 1. The number of fused-ring (bicyclic) bond motifs is 2. The molecule has 0 spiro atoms. The third-order valence-corrected chi connectivity index (χ3v) is 8.40. The van der Waals surface area contributed by atoms with Gasteiger partial charge in [-0.1, -0.05) is 48.0 Å². The predicted molar refractivity (Wildman–Crippen MR) is 145 cm³/mol. The van der Waals surface area contributed by atoms with E-state index in [9.17, 15) is 14.0 Å². The number of carbonyl (C=O) groups is 2. The van der Waals surface area contributed by atoms with Crippen molar-refractivity contribution in [1.29, 1.82) is 0 Å². The minimum absolute atomic E-state index is 0.0243. The molecule has 2 aliphatic rings. The van der Waals surface area contributed by atoms with Gasteiger partial charge in [-0.15, -0.1) is 0 Å². The number of halogens is 2. The smallest absolute Gasteiger partial charge is 0.224 e. The lowest BCUT2D eigenvalue weighted by atomic mass is 9.84. The Kier molecular flexibility index (Phi) is 6.54. The zero-order valence-electron chi connectivity index (χ0n) is 20.8. The van der Waals surface area contributed by atoms with Crippen molar-refractivity contribution in [2.45, 2.75) is 32.4 Å². The maximum Gasteiger partial charge on any atom is 0.224 e. The van der Waals surface area contributed by atoms with Gasteiger partial charge in [0.15, 0.2) is 0 Å². The molecule has 6 rings (SSSR count). The number of rotatable bonds is 8. The maximum absolute atomic E-state index is 14.3. The first-order valence-electron chi connectivity index (χ1n) is 13.0. The molecule has 7 heteroatoms. The van der Waals surface area contributed by atoms with Crippen LogP contribution in [0.15, 0.2) is 71.3 Å². The van der Waals surface area contributed by atoms with E-state index >= 15 is 0 Å². The summed E-state index contributed by atoms with van der Waals surface area (Å²) in [4.78, 5) is 26.8. The number of hydrogen-bond acceptors (Lipinski definition) is 4. The Labute approximate surface area is 225 Å². The van der Waals surface area contributed by atoms with E-state index in [0.29, 0.717) is 24.4 Å². The Bertz CT molecular complexity index is 1530. The Morgan fingerprint density at radius 2 is 1.87 bits per heavy atom. The van der Waals surface area contributed by atoms with Crippen molar-refractivity contribution in [2.75, 3.05) is 0 Å². The molecule has 2 aliphatic carbocycles. The molecule has 1 unspecified atom stereocenters. The van der Waals surface area contributed by atoms with Gasteiger partial charge in [0, 0.05) is 47.9 Å². The van der Waals surface area contributed by atoms with Gasteiger partial charge in [-0.25, -0.2) is 4.39 Å². The molecule has 5 nitrogen and oxygen atoms in total. The fourth-order valence-corrected chi connectivity index (χ4v) is 6.28. The summed E-state index contributed by atoms with van der Waals surface area (Å²) in [7, 11) is 0. The largest absolute Gasteiger partial charge is 0.464 e. The number of hydrogen-bond donors (Lipinski definition) is 2. The van der Waals surface area contributed by atoms with Gasteiger partial charge < -0.3 is 15.5 Å². The molecule has 0 aliphatic heterocycles. The maximum atomic E-state index is 14.3. The van der Waals surface area contributed by atoms with Crippen LogP contribution in [0.3, 0.4) is 0 Å². The second-order valence-electron chi connectivity index (χ2n) is 10.5. The number of amides is 1. The summed E-state index contributed by atoms with van der Waals surface area (Å²) < 4.78 is 20.1. The molecule has 1 aromatic heterocycles. The fraction of sp³-hybridized carbons (Fsp3) is 0.290. The van der Waals surface area contributed by atoms with Gasteiger partial charge in [0.1, 0.15) is 17.2 Å². The molecule has 1 heterocycles. The normalized spacial score (nSPS) is 21.9. The Morgan fingerprint density at radius 1 is 1.05 bits per heavy atom. The monoisotopic (exact) mass is 530 g/mol. The van der Waals surface area contributed by atoms with E-state index in [-0.39, 0.29) is 41.5 Å². The average molecular weight is 531 g/mol. The molecular weight excluding hydrogens is 503 g/mol. The van der Waals surface area contributed by atoms with Crippen LogP contribution in [0.1, 0.15) is 29.5 Å². The third-order valence-electron chi connectivity index (χ3n) is 8.11. The summed E-state index contributed by atoms with van der Waals surface area (Å²) in [6, 6.07) is 18.6. The van der Waals surface area contributed by atoms with Crippen LogP contribution in [0.4, 0.5) is 4.39 Å². The molecule has 38 heavy (non-hydrogen) atoms. The van der Waals surface area contributed by atoms with Crippen LogP contribution in [-0.4, -0.2) is 11.7 Å². The van der Waals surface area contributed by atoms with Crippen molar-refractivity contribution < 1.29 is 18.4 Å². The molecule has 0 radical (unpaired) electrons. The number of carbonyl (C=O) groups excluding carboxylic acids is 2. The van der Waals surface area contributed by atoms with Crippen molar-refractivity contribution in [3.63, 3.8) is 0 Å². The first kappa shape index (κ1) is 24.8. The summed E-state index contributed by atoms with van der Waals surface area (Å²) in [5.41, 5.74) is 10.7. The van der Waals surface area contributed by atoms with Crippen molar-refractivity contribution in [1.82, 2.24) is 5.32 Å². The summed E-state index contributed by atoms with van der Waals surface area (Å²) in [5.74, 6) is -0.694. The minimum atomic E-state index is -0.528. The summed E-state index contributed by atoms with van der Waals surface area (Å²) in [5, 5.41) is 3.80. The van der Waals surface area contributed by atoms with Gasteiger partial charge in [-0.2, -0.15) is 0 Å². The highest BCUT2D eigenvalue weighted by Crippen LogP contribution is 2.58. The zero-order chi connectivity index (χ0) is 26.4. The van der Waals surface area contributed by atoms with Gasteiger partial charge in [0.2, 0.25) is 5.91 Å². The lowest BCUT2D eigenvalue weighted by molar-refractivity contribution is -0.133. The number of nitrogens with one attached hydrogen (secondary N) is 1. The first-order valence-corrected chi connectivity index (χ1v) is 13.3. The first-order chi connectivity index (χ1) is 18.4. The molecule has 0 saturated heterocycles. The van der Waals surface area contributed by atoms with Crippen molar-refractivity contribution >= 4 is 34.3 Å². The molecule has 0 bridgehead atoms. The van der Waals surface area contributed by atoms with Crippen LogP contribution in [0, 0.1) is 29.5 Å². The standard InChI is InChI=1S/C31H28ClFN2O3/c32-26-3-1-2-21(29(26)33)16-35-31(37)25-14-22-13-23(22)28(25)27(36)12-18-10-20-8-9-38-30(20)24(11-18)19-6-4-17(15-34)5-7-19/h1-11,22-23,25,28H,12-16,34H2,(H,35,37)/t22-,23-,25-,28?/m1/s1. The van der Waals surface area contributed by atoms with Gasteiger partial charge in [0.05, 0.1) is 11.3 Å². The van der Waals surface area contributed by atoms with Crippen LogP contribution in [-0.2, 0) is 29.1 Å². The number of Topliss-reactive ketones (excluding diaryl/α,β-unsaturated/α-hetero) is 1. The molecule has 2 fully saturated rings. The number of nitrogens with two attached hydrogens (primary N) is 1. The van der Waals surface area contributed by atoms with Crippen molar-refractivity contribution in [3.8, 4) is 11.1 Å². The third kappa shape index (κ3) is 4.63. The van der Waals surface area contributed by atoms with Crippen molar-refractivity contribution in [2.24, 2.45) is 29.4 Å². The number of benzene rings is 3. The van der Waals surface area contributed by atoms with Crippen LogP contribution >= 0.6 is 11.6 Å². The van der Waals surface area contributed by atoms with E-state index in [2.05, 4.69) is 5.32 Å². The molecule has 2 saturated carbocycles. The Balaban J connectivity index is 1.21. The fourth-order valence-electron chi connectivity index (χ4n) is 6.08. The van der Waals surface area contributed by atoms with Crippen LogP contribution in [0.2, 0.25) is 5.02 Å². The predicted octanol–water partition coefficient (Wildman–Crippen LogP) is 6.05. The Morgan fingerprint density at radius 3 is 2.66 bits per heavy atom. The Hall–Kier alpha value is -3.48. The van der Waals surface area contributed by atoms with E-state index in [4.69, 9.17) is 21.8 Å². The minimum Gasteiger partial charge on any atom is -0.464 e. The molecule has 194 valence electrons. The molecular formula is C31H28ClFN2O3. The molecule has 3 aromatic carbocycles. The number of furan rings is 1. The lowest BCUT2D eigenvalue weighted by Gasteiger charge is -2.21. The molecule has 4 aromatic rings. The highest BCUT2D eigenvalue weighted by Gasteiger charge is 2.57. The van der Waals surface area contributed by atoms with Gasteiger partial charge >= 0.3 is 0 Å². The van der Waals surface area contributed by atoms with Crippen LogP contribution in [0.5, 0.6) is 0 Å². The van der Waals surface area contributed by atoms with Crippen LogP contribution in [0.25, 0.3) is 22.1 Å². The highest BCUT2D eigenvalue weighted by molar-refractivity contribution is 6.30. The van der Waals surface area contributed by atoms with E-state index in [1.165, 1.54) is 6.07 Å². The van der Waals surface area contributed by atoms with Gasteiger partial charge in [-0.3, -0.25) is 9.59 Å². The van der Waals surface area contributed by atoms with E-state index < -0.39 is 11.7 Å². The van der Waals surface area contributed by atoms with Crippen molar-refractivity contribution in [3.05, 3.63) is 94.5 Å². The topological polar surface area (TPSA) is 85.3 Å². The molecule has 1 amide bonds. The average Bonchev–Trinajstić information content (AvgIpc) is 3.33.